The highest BCUT2D eigenvalue weighted by atomic mass is 16.5. The molecular weight excluding hydrogens is 206 g/mol. The number of nitrogens with one attached hydrogen (secondary N) is 2. The van der Waals surface area contributed by atoms with Crippen LogP contribution in [-0.4, -0.2) is 29.7 Å². The van der Waals surface area contributed by atoms with Gasteiger partial charge >= 0.3 is 0 Å². The SMILES string of the molecule is O=c1cc(OCCC2CCCNC2)nc[nH]1. The van der Waals surface area contributed by atoms with Crippen LogP contribution < -0.4 is 15.6 Å². The summed E-state index contributed by atoms with van der Waals surface area (Å²) in [5, 5.41) is 3.37. The molecule has 1 aromatic rings. The average Bonchev–Trinajstić information content (AvgIpc) is 2.30. The molecule has 88 valence electrons. The third kappa shape index (κ3) is 3.34. The Hall–Kier alpha value is -1.36. The predicted octanol–water partition coefficient (Wildman–Crippen LogP) is 0.538. The van der Waals surface area contributed by atoms with Crippen LogP contribution in [0.15, 0.2) is 17.2 Å². The van der Waals surface area contributed by atoms with Gasteiger partial charge in [-0.15, -0.1) is 0 Å². The first-order valence-electron chi connectivity index (χ1n) is 5.73. The third-order valence-corrected chi connectivity index (χ3v) is 2.83. The van der Waals surface area contributed by atoms with Crippen LogP contribution in [0.1, 0.15) is 19.3 Å². The van der Waals surface area contributed by atoms with Crippen molar-refractivity contribution in [1.29, 1.82) is 0 Å². The molecule has 0 spiro atoms. The Morgan fingerprint density at radius 3 is 3.25 bits per heavy atom. The summed E-state index contributed by atoms with van der Waals surface area (Å²) in [7, 11) is 0. The molecular formula is C11H17N3O2. The summed E-state index contributed by atoms with van der Waals surface area (Å²) in [6.45, 7) is 2.84. The third-order valence-electron chi connectivity index (χ3n) is 2.83. The van der Waals surface area contributed by atoms with Crippen LogP contribution in [0.3, 0.4) is 0 Å². The maximum Gasteiger partial charge on any atom is 0.254 e. The monoisotopic (exact) mass is 223 g/mol. The summed E-state index contributed by atoms with van der Waals surface area (Å²) in [6, 6.07) is 1.37. The van der Waals surface area contributed by atoms with E-state index in [2.05, 4.69) is 15.3 Å². The number of hydrogen-bond acceptors (Lipinski definition) is 4. The van der Waals surface area contributed by atoms with E-state index in [9.17, 15) is 4.79 Å². The molecule has 1 atom stereocenters. The van der Waals surface area contributed by atoms with Crippen molar-refractivity contribution >= 4 is 0 Å². The molecule has 0 bridgehead atoms. The molecule has 0 saturated carbocycles. The lowest BCUT2D eigenvalue weighted by atomic mass is 9.97. The molecule has 1 aromatic heterocycles. The molecule has 1 unspecified atom stereocenters. The highest BCUT2D eigenvalue weighted by Gasteiger charge is 2.12. The standard InChI is InChI=1S/C11H17N3O2/c15-10-6-11(14-8-13-10)16-5-3-9-2-1-4-12-7-9/h6,8-9,12H,1-5,7H2,(H,13,14,15). The van der Waals surface area contributed by atoms with Gasteiger partial charge in [-0.1, -0.05) is 0 Å². The van der Waals surface area contributed by atoms with Crippen LogP contribution in [0.2, 0.25) is 0 Å². The molecule has 16 heavy (non-hydrogen) atoms. The maximum absolute atomic E-state index is 11.0. The van der Waals surface area contributed by atoms with Crippen molar-refractivity contribution in [1.82, 2.24) is 15.3 Å². The van der Waals surface area contributed by atoms with Crippen LogP contribution in [-0.2, 0) is 0 Å². The fourth-order valence-electron chi connectivity index (χ4n) is 1.93. The highest BCUT2D eigenvalue weighted by molar-refractivity contribution is 5.04. The van der Waals surface area contributed by atoms with Crippen LogP contribution >= 0.6 is 0 Å². The predicted molar refractivity (Wildman–Crippen MR) is 60.6 cm³/mol. The number of piperidine rings is 1. The van der Waals surface area contributed by atoms with E-state index in [0.29, 0.717) is 18.4 Å². The molecule has 1 aliphatic rings. The minimum absolute atomic E-state index is 0.177. The van der Waals surface area contributed by atoms with Crippen LogP contribution in [0.5, 0.6) is 5.88 Å². The highest BCUT2D eigenvalue weighted by Crippen LogP contribution is 2.14. The zero-order valence-electron chi connectivity index (χ0n) is 9.24. The molecule has 0 radical (unpaired) electrons. The van der Waals surface area contributed by atoms with E-state index in [1.54, 1.807) is 0 Å². The van der Waals surface area contributed by atoms with Crippen molar-refractivity contribution in [2.75, 3.05) is 19.7 Å². The van der Waals surface area contributed by atoms with Gasteiger partial charge in [0.2, 0.25) is 5.88 Å². The van der Waals surface area contributed by atoms with Gasteiger partial charge < -0.3 is 15.0 Å². The molecule has 1 aliphatic heterocycles. The Kier molecular flexibility index (Phi) is 3.93. The first-order chi connectivity index (χ1) is 7.84. The number of ether oxygens (including phenoxy) is 1. The van der Waals surface area contributed by atoms with E-state index in [0.717, 1.165) is 19.5 Å². The van der Waals surface area contributed by atoms with E-state index in [1.165, 1.54) is 25.2 Å². The van der Waals surface area contributed by atoms with E-state index < -0.39 is 0 Å². The summed E-state index contributed by atoms with van der Waals surface area (Å²) in [4.78, 5) is 17.4. The maximum atomic E-state index is 11.0. The second-order valence-electron chi connectivity index (χ2n) is 4.10. The van der Waals surface area contributed by atoms with Crippen molar-refractivity contribution in [3.63, 3.8) is 0 Å². The Morgan fingerprint density at radius 1 is 1.56 bits per heavy atom. The molecule has 0 amide bonds. The first-order valence-corrected chi connectivity index (χ1v) is 5.73. The first kappa shape index (κ1) is 11.1. The van der Waals surface area contributed by atoms with Crippen LogP contribution in [0.25, 0.3) is 0 Å². The summed E-state index contributed by atoms with van der Waals surface area (Å²) < 4.78 is 5.43. The number of hydrogen-bond donors (Lipinski definition) is 2. The second-order valence-corrected chi connectivity index (χ2v) is 4.10. The molecule has 0 aliphatic carbocycles. The Bertz CT molecular complexity index is 371. The zero-order valence-corrected chi connectivity index (χ0v) is 9.24. The van der Waals surface area contributed by atoms with Gasteiger partial charge in [0.25, 0.3) is 5.56 Å². The largest absolute Gasteiger partial charge is 0.477 e. The van der Waals surface area contributed by atoms with E-state index in [1.807, 2.05) is 0 Å². The molecule has 1 fully saturated rings. The van der Waals surface area contributed by atoms with E-state index in [-0.39, 0.29) is 5.56 Å². The van der Waals surface area contributed by atoms with E-state index in [4.69, 9.17) is 4.74 Å². The van der Waals surface area contributed by atoms with Crippen molar-refractivity contribution in [2.24, 2.45) is 5.92 Å². The van der Waals surface area contributed by atoms with Gasteiger partial charge in [0.15, 0.2) is 0 Å². The lowest BCUT2D eigenvalue weighted by Gasteiger charge is -2.22. The van der Waals surface area contributed by atoms with Gasteiger partial charge in [-0.3, -0.25) is 4.79 Å². The van der Waals surface area contributed by atoms with Gasteiger partial charge in [0.05, 0.1) is 19.0 Å². The normalized spacial score (nSPS) is 20.6. The smallest absolute Gasteiger partial charge is 0.254 e. The summed E-state index contributed by atoms with van der Waals surface area (Å²) in [5.74, 6) is 1.10. The van der Waals surface area contributed by atoms with Crippen molar-refractivity contribution in [2.45, 2.75) is 19.3 Å². The molecule has 5 nitrogen and oxygen atoms in total. The fraction of sp³-hybridized carbons (Fsp3) is 0.636. The molecule has 2 rings (SSSR count). The Morgan fingerprint density at radius 2 is 2.50 bits per heavy atom. The molecule has 5 heteroatoms. The lowest BCUT2D eigenvalue weighted by Crippen LogP contribution is -2.30. The van der Waals surface area contributed by atoms with Crippen molar-refractivity contribution < 1.29 is 4.74 Å². The fourth-order valence-corrected chi connectivity index (χ4v) is 1.93. The van der Waals surface area contributed by atoms with Gasteiger partial charge in [0, 0.05) is 0 Å². The van der Waals surface area contributed by atoms with Gasteiger partial charge in [-0.05, 0) is 38.3 Å². The summed E-state index contributed by atoms with van der Waals surface area (Å²) in [6.07, 6.45) is 4.88. The number of aromatic nitrogens is 2. The topological polar surface area (TPSA) is 67.0 Å². The zero-order chi connectivity index (χ0) is 11.2. The summed E-state index contributed by atoms with van der Waals surface area (Å²) >= 11 is 0. The number of aromatic amines is 1. The van der Waals surface area contributed by atoms with Crippen molar-refractivity contribution in [3.8, 4) is 5.88 Å². The molecule has 0 aromatic carbocycles. The Labute approximate surface area is 94.2 Å². The van der Waals surface area contributed by atoms with Crippen LogP contribution in [0.4, 0.5) is 0 Å². The van der Waals surface area contributed by atoms with E-state index >= 15 is 0 Å². The quantitative estimate of drug-likeness (QED) is 0.781. The van der Waals surface area contributed by atoms with Gasteiger partial charge in [0.1, 0.15) is 0 Å². The number of rotatable bonds is 4. The summed E-state index contributed by atoms with van der Waals surface area (Å²) in [5.41, 5.74) is -0.177. The average molecular weight is 223 g/mol. The molecule has 1 saturated heterocycles. The second kappa shape index (κ2) is 5.65. The number of nitrogens with zero attached hydrogens (tertiary/aromatic N) is 1. The lowest BCUT2D eigenvalue weighted by molar-refractivity contribution is 0.247. The van der Waals surface area contributed by atoms with Crippen LogP contribution in [0, 0.1) is 5.92 Å². The number of H-pyrrole nitrogens is 1. The Balaban J connectivity index is 1.73. The van der Waals surface area contributed by atoms with Crippen molar-refractivity contribution in [3.05, 3.63) is 22.7 Å². The minimum atomic E-state index is -0.177. The van der Waals surface area contributed by atoms with Gasteiger partial charge in [-0.2, -0.15) is 0 Å². The molecule has 2 heterocycles. The minimum Gasteiger partial charge on any atom is -0.477 e. The van der Waals surface area contributed by atoms with Gasteiger partial charge in [-0.25, -0.2) is 4.98 Å². The molecule has 2 N–H and O–H groups in total.